The van der Waals surface area contributed by atoms with E-state index in [1.807, 2.05) is 48.5 Å². The Morgan fingerprint density at radius 1 is 1.14 bits per heavy atom. The fourth-order valence-corrected chi connectivity index (χ4v) is 2.49. The smallest absolute Gasteiger partial charge is 0.127 e. The van der Waals surface area contributed by atoms with Crippen LogP contribution in [-0.4, -0.2) is 11.0 Å². The Balaban J connectivity index is 2.15. The van der Waals surface area contributed by atoms with Crippen molar-refractivity contribution in [3.8, 4) is 11.5 Å². The third kappa shape index (κ3) is 4.73. The maximum Gasteiger partial charge on any atom is 0.127 e. The van der Waals surface area contributed by atoms with Gasteiger partial charge in [-0.1, -0.05) is 28.1 Å². The summed E-state index contributed by atoms with van der Waals surface area (Å²) in [6.45, 7) is 1.80. The molecular weight excluding hydrogens is 352 g/mol. The molecule has 112 valence electrons. The molecule has 2 nitrogen and oxygen atoms in total. The molecular formula is C17H18BrClO2. The van der Waals surface area contributed by atoms with Crippen molar-refractivity contribution in [1.29, 1.82) is 0 Å². The van der Waals surface area contributed by atoms with E-state index in [1.165, 1.54) is 0 Å². The Morgan fingerprint density at radius 2 is 1.86 bits per heavy atom. The second-order valence-corrected chi connectivity index (χ2v) is 6.44. The first-order valence-corrected chi connectivity index (χ1v) is 8.16. The summed E-state index contributed by atoms with van der Waals surface area (Å²) in [5, 5.41) is 10.5. The van der Waals surface area contributed by atoms with E-state index in [-0.39, 0.29) is 0 Å². The lowest BCUT2D eigenvalue weighted by atomic mass is 9.91. The number of rotatable bonds is 6. The molecule has 2 aromatic rings. The van der Waals surface area contributed by atoms with E-state index in [4.69, 9.17) is 16.3 Å². The van der Waals surface area contributed by atoms with Crippen molar-refractivity contribution >= 4 is 27.5 Å². The second-order valence-electron chi connectivity index (χ2n) is 5.15. The fraction of sp³-hybridized carbons (Fsp3) is 0.294. The van der Waals surface area contributed by atoms with Gasteiger partial charge in [0.1, 0.15) is 11.5 Å². The molecule has 0 radical (unpaired) electrons. The number of ether oxygens (including phenoxy) is 1. The van der Waals surface area contributed by atoms with Crippen molar-refractivity contribution in [3.05, 3.63) is 58.6 Å². The first-order chi connectivity index (χ1) is 10.0. The fourth-order valence-electron chi connectivity index (χ4n) is 2.09. The Hall–Kier alpha value is -1.03. The third-order valence-electron chi connectivity index (χ3n) is 3.30. The average Bonchev–Trinajstić information content (AvgIpc) is 2.48. The molecule has 0 spiro atoms. The van der Waals surface area contributed by atoms with Gasteiger partial charge >= 0.3 is 0 Å². The van der Waals surface area contributed by atoms with Crippen molar-refractivity contribution in [2.45, 2.75) is 25.4 Å². The van der Waals surface area contributed by atoms with Crippen LogP contribution in [0.4, 0.5) is 0 Å². The summed E-state index contributed by atoms with van der Waals surface area (Å²) in [5.41, 5.74) is -0.0595. The van der Waals surface area contributed by atoms with Gasteiger partial charge in [0.25, 0.3) is 0 Å². The van der Waals surface area contributed by atoms with Crippen LogP contribution in [0, 0.1) is 0 Å². The first-order valence-electron chi connectivity index (χ1n) is 6.83. The van der Waals surface area contributed by atoms with Crippen molar-refractivity contribution < 1.29 is 9.84 Å². The zero-order chi connectivity index (χ0) is 15.3. The molecule has 1 atom stereocenters. The van der Waals surface area contributed by atoms with Crippen LogP contribution >= 0.6 is 27.5 Å². The summed E-state index contributed by atoms with van der Waals surface area (Å²) >= 11 is 9.10. The number of halogens is 2. The topological polar surface area (TPSA) is 29.5 Å². The molecule has 0 heterocycles. The Morgan fingerprint density at radius 3 is 2.52 bits per heavy atom. The highest BCUT2D eigenvalue weighted by atomic mass is 79.9. The predicted octanol–water partition coefficient (Wildman–Crippen LogP) is 5.47. The lowest BCUT2D eigenvalue weighted by Crippen LogP contribution is -2.21. The summed E-state index contributed by atoms with van der Waals surface area (Å²) < 4.78 is 6.82. The largest absolute Gasteiger partial charge is 0.457 e. The van der Waals surface area contributed by atoms with E-state index in [0.717, 1.165) is 22.2 Å². The van der Waals surface area contributed by atoms with Crippen LogP contribution < -0.4 is 4.74 Å². The molecule has 0 fully saturated rings. The average molecular weight is 370 g/mol. The summed E-state index contributed by atoms with van der Waals surface area (Å²) in [6.07, 6.45) is 1.39. The zero-order valence-electron chi connectivity index (χ0n) is 11.9. The van der Waals surface area contributed by atoms with E-state index in [2.05, 4.69) is 15.9 Å². The molecule has 0 aliphatic rings. The molecule has 2 rings (SSSR count). The molecule has 0 saturated heterocycles. The van der Waals surface area contributed by atoms with E-state index < -0.39 is 5.60 Å². The van der Waals surface area contributed by atoms with Crippen LogP contribution in [0.3, 0.4) is 0 Å². The summed E-state index contributed by atoms with van der Waals surface area (Å²) in [7, 11) is 0. The monoisotopic (exact) mass is 368 g/mol. The molecule has 0 aliphatic heterocycles. The normalized spacial score (nSPS) is 13.7. The van der Waals surface area contributed by atoms with Crippen LogP contribution in [0.1, 0.15) is 25.3 Å². The van der Waals surface area contributed by atoms with Gasteiger partial charge < -0.3 is 9.84 Å². The lowest BCUT2D eigenvalue weighted by molar-refractivity contribution is 0.0470. The van der Waals surface area contributed by atoms with Crippen LogP contribution in [0.15, 0.2) is 53.0 Å². The molecule has 2 aromatic carbocycles. The molecule has 4 heteroatoms. The van der Waals surface area contributed by atoms with E-state index in [9.17, 15) is 5.11 Å². The number of hydrogen-bond donors (Lipinski definition) is 1. The summed E-state index contributed by atoms with van der Waals surface area (Å²) in [6, 6.07) is 15.2. The van der Waals surface area contributed by atoms with Crippen LogP contribution in [0.25, 0.3) is 0 Å². The minimum absolute atomic E-state index is 0.547. The molecule has 0 aromatic heterocycles. The Bertz CT molecular complexity index is 582. The van der Waals surface area contributed by atoms with Gasteiger partial charge in [0.2, 0.25) is 0 Å². The van der Waals surface area contributed by atoms with E-state index >= 15 is 0 Å². The van der Waals surface area contributed by atoms with Gasteiger partial charge in [-0.05, 0) is 61.7 Å². The van der Waals surface area contributed by atoms with Crippen LogP contribution in [0.5, 0.6) is 11.5 Å². The van der Waals surface area contributed by atoms with E-state index in [1.54, 1.807) is 6.92 Å². The second kappa shape index (κ2) is 7.30. The van der Waals surface area contributed by atoms with Crippen molar-refractivity contribution in [2.75, 3.05) is 5.88 Å². The SMILES string of the molecule is CC(O)(CCCCl)c1cccc(Oc2ccc(Br)cc2)c1. The molecule has 0 bridgehead atoms. The maximum atomic E-state index is 10.5. The third-order valence-corrected chi connectivity index (χ3v) is 4.10. The number of aliphatic hydroxyl groups is 1. The molecule has 0 amide bonds. The highest BCUT2D eigenvalue weighted by Crippen LogP contribution is 2.30. The minimum atomic E-state index is -0.895. The quantitative estimate of drug-likeness (QED) is 0.684. The maximum absolute atomic E-state index is 10.5. The number of benzene rings is 2. The molecule has 1 unspecified atom stereocenters. The molecule has 21 heavy (non-hydrogen) atoms. The zero-order valence-corrected chi connectivity index (χ0v) is 14.2. The molecule has 1 N–H and O–H groups in total. The van der Waals surface area contributed by atoms with Crippen molar-refractivity contribution in [3.63, 3.8) is 0 Å². The predicted molar refractivity (Wildman–Crippen MR) is 90.2 cm³/mol. The highest BCUT2D eigenvalue weighted by Gasteiger charge is 2.22. The first kappa shape index (κ1) is 16.3. The van der Waals surface area contributed by atoms with E-state index in [0.29, 0.717) is 18.1 Å². The summed E-state index contributed by atoms with van der Waals surface area (Å²) in [4.78, 5) is 0. The Labute approximate surface area is 138 Å². The van der Waals surface area contributed by atoms with Gasteiger partial charge in [0.15, 0.2) is 0 Å². The minimum Gasteiger partial charge on any atom is -0.457 e. The number of hydrogen-bond acceptors (Lipinski definition) is 2. The lowest BCUT2D eigenvalue weighted by Gasteiger charge is -2.24. The van der Waals surface area contributed by atoms with Crippen molar-refractivity contribution in [1.82, 2.24) is 0 Å². The standard InChI is InChI=1S/C17H18BrClO2/c1-17(20,10-3-11-19)13-4-2-5-16(12-13)21-15-8-6-14(18)7-9-15/h2,4-9,12,20H,3,10-11H2,1H3. The Kier molecular flexibility index (Phi) is 5.68. The van der Waals surface area contributed by atoms with Gasteiger partial charge in [-0.15, -0.1) is 11.6 Å². The summed E-state index contributed by atoms with van der Waals surface area (Å²) in [5.74, 6) is 2.02. The molecule has 0 aliphatic carbocycles. The van der Waals surface area contributed by atoms with Gasteiger partial charge in [-0.25, -0.2) is 0 Å². The van der Waals surface area contributed by atoms with Crippen molar-refractivity contribution in [2.24, 2.45) is 0 Å². The van der Waals surface area contributed by atoms with Crippen LogP contribution in [-0.2, 0) is 5.60 Å². The number of alkyl halides is 1. The molecule has 0 saturated carbocycles. The van der Waals surface area contributed by atoms with Gasteiger partial charge in [0, 0.05) is 10.4 Å². The highest BCUT2D eigenvalue weighted by molar-refractivity contribution is 9.10. The van der Waals surface area contributed by atoms with Crippen LogP contribution in [0.2, 0.25) is 0 Å². The van der Waals surface area contributed by atoms with Gasteiger partial charge in [0.05, 0.1) is 5.60 Å². The van der Waals surface area contributed by atoms with Gasteiger partial charge in [-0.3, -0.25) is 0 Å². The van der Waals surface area contributed by atoms with Gasteiger partial charge in [-0.2, -0.15) is 0 Å².